The number of ether oxygens (including phenoxy) is 2. The van der Waals surface area contributed by atoms with Gasteiger partial charge in [0.2, 0.25) is 5.95 Å². The molecule has 0 atom stereocenters. The number of hydrazone groups is 1. The number of hydrogen-bond donors (Lipinski definition) is 1. The number of benzene rings is 1. The molecule has 0 unspecified atom stereocenters. The summed E-state index contributed by atoms with van der Waals surface area (Å²) in [5, 5.41) is 14.9. The Morgan fingerprint density at radius 3 is 2.65 bits per heavy atom. The van der Waals surface area contributed by atoms with Crippen molar-refractivity contribution in [3.63, 3.8) is 0 Å². The molecule has 12 heteroatoms. The van der Waals surface area contributed by atoms with Gasteiger partial charge < -0.3 is 18.8 Å². The molecule has 0 bridgehead atoms. The number of nitro benzene ring substituents is 1. The fraction of sp³-hybridized carbons (Fsp3) is 0.263. The number of hydrogen-bond acceptors (Lipinski definition) is 11. The Kier molecular flexibility index (Phi) is 5.98. The van der Waals surface area contributed by atoms with Crippen molar-refractivity contribution in [1.82, 2.24) is 15.0 Å². The first kappa shape index (κ1) is 20.2. The van der Waals surface area contributed by atoms with E-state index in [1.54, 1.807) is 24.3 Å². The molecule has 1 aliphatic heterocycles. The summed E-state index contributed by atoms with van der Waals surface area (Å²) in [6.07, 6.45) is 1.47. The van der Waals surface area contributed by atoms with Crippen LogP contribution in [0.1, 0.15) is 5.76 Å². The first-order chi connectivity index (χ1) is 15.1. The van der Waals surface area contributed by atoms with E-state index >= 15 is 0 Å². The fourth-order valence-corrected chi connectivity index (χ4v) is 2.87. The van der Waals surface area contributed by atoms with Crippen LogP contribution in [-0.2, 0) is 4.74 Å². The number of rotatable bonds is 7. The number of furan rings is 1. The van der Waals surface area contributed by atoms with Gasteiger partial charge >= 0.3 is 6.01 Å². The van der Waals surface area contributed by atoms with Crippen LogP contribution in [0.4, 0.5) is 17.6 Å². The topological polar surface area (TPSA) is 141 Å². The van der Waals surface area contributed by atoms with Gasteiger partial charge in [-0.25, -0.2) is 5.43 Å². The van der Waals surface area contributed by atoms with Crippen LogP contribution in [0.25, 0.3) is 11.3 Å². The smallest absolute Gasteiger partial charge is 0.322 e. The highest BCUT2D eigenvalue weighted by Gasteiger charge is 2.16. The third kappa shape index (κ3) is 4.93. The van der Waals surface area contributed by atoms with Crippen molar-refractivity contribution in [2.24, 2.45) is 5.10 Å². The third-order valence-electron chi connectivity index (χ3n) is 4.43. The molecule has 1 N–H and O–H groups in total. The Morgan fingerprint density at radius 1 is 1.16 bits per heavy atom. The van der Waals surface area contributed by atoms with Gasteiger partial charge in [-0.15, -0.1) is 0 Å². The highest BCUT2D eigenvalue weighted by molar-refractivity contribution is 5.78. The van der Waals surface area contributed by atoms with E-state index in [1.165, 1.54) is 25.5 Å². The second-order valence-electron chi connectivity index (χ2n) is 6.42. The van der Waals surface area contributed by atoms with E-state index in [-0.39, 0.29) is 17.6 Å². The Hall–Kier alpha value is -4.06. The summed E-state index contributed by atoms with van der Waals surface area (Å²) in [5.74, 6) is 1.75. The largest absolute Gasteiger partial charge is 0.467 e. The Morgan fingerprint density at radius 2 is 1.94 bits per heavy atom. The molecule has 1 aromatic carbocycles. The van der Waals surface area contributed by atoms with Gasteiger partial charge in [0.05, 0.1) is 31.5 Å². The molecule has 1 saturated heterocycles. The predicted molar refractivity (Wildman–Crippen MR) is 111 cm³/mol. The molecule has 1 fully saturated rings. The molecule has 3 aromatic rings. The van der Waals surface area contributed by atoms with Gasteiger partial charge in [0.25, 0.3) is 11.6 Å². The number of nitrogens with zero attached hydrogens (tertiary/aromatic N) is 6. The minimum atomic E-state index is -0.448. The first-order valence-electron chi connectivity index (χ1n) is 9.39. The quantitative estimate of drug-likeness (QED) is 0.340. The van der Waals surface area contributed by atoms with Gasteiger partial charge in [0.1, 0.15) is 11.5 Å². The maximum Gasteiger partial charge on any atom is 0.322 e. The normalized spacial score (nSPS) is 14.0. The number of nitrogens with one attached hydrogen (secondary N) is 1. The summed E-state index contributed by atoms with van der Waals surface area (Å²) >= 11 is 0. The Balaban J connectivity index is 1.44. The van der Waals surface area contributed by atoms with Gasteiger partial charge in [-0.2, -0.15) is 20.1 Å². The molecular weight excluding hydrogens is 406 g/mol. The van der Waals surface area contributed by atoms with Gasteiger partial charge in [0, 0.05) is 30.8 Å². The number of morpholine rings is 1. The van der Waals surface area contributed by atoms with Crippen LogP contribution in [0.2, 0.25) is 0 Å². The lowest BCUT2D eigenvalue weighted by molar-refractivity contribution is -0.384. The zero-order chi connectivity index (χ0) is 21.6. The van der Waals surface area contributed by atoms with Crippen LogP contribution in [0.3, 0.4) is 0 Å². The molecule has 0 spiro atoms. The van der Waals surface area contributed by atoms with Crippen molar-refractivity contribution in [1.29, 1.82) is 0 Å². The average Bonchev–Trinajstić information content (AvgIpc) is 3.28. The second kappa shape index (κ2) is 9.17. The van der Waals surface area contributed by atoms with Crippen molar-refractivity contribution in [3.05, 3.63) is 52.3 Å². The molecule has 4 rings (SSSR count). The molecule has 2 aromatic heterocycles. The van der Waals surface area contributed by atoms with E-state index in [0.717, 1.165) is 5.56 Å². The molecule has 31 heavy (non-hydrogen) atoms. The lowest BCUT2D eigenvalue weighted by Gasteiger charge is -2.26. The molecule has 1 aliphatic rings. The van der Waals surface area contributed by atoms with Crippen LogP contribution in [-0.4, -0.2) is 59.5 Å². The highest BCUT2D eigenvalue weighted by Crippen LogP contribution is 2.24. The van der Waals surface area contributed by atoms with Crippen LogP contribution < -0.4 is 15.1 Å². The number of aromatic nitrogens is 3. The average molecular weight is 425 g/mol. The van der Waals surface area contributed by atoms with Gasteiger partial charge in [-0.05, 0) is 24.3 Å². The van der Waals surface area contributed by atoms with Gasteiger partial charge in [-0.3, -0.25) is 10.1 Å². The van der Waals surface area contributed by atoms with Crippen molar-refractivity contribution >= 4 is 23.8 Å². The van der Waals surface area contributed by atoms with Crippen LogP contribution >= 0.6 is 0 Å². The van der Waals surface area contributed by atoms with Crippen LogP contribution in [0, 0.1) is 10.1 Å². The summed E-state index contributed by atoms with van der Waals surface area (Å²) in [5.41, 5.74) is 3.49. The standard InChI is InChI=1S/C19H19N7O5/c1-29-19-22-17(21-18(23-19)25-8-10-30-11-9-25)24-20-12-15-6-7-16(31-15)13-2-4-14(5-3-13)26(27)28/h2-7,12H,8-11H2,1H3,(H,21,22,23,24)/b20-12-. The van der Waals surface area contributed by atoms with Gasteiger partial charge in [-0.1, -0.05) is 0 Å². The van der Waals surface area contributed by atoms with Crippen molar-refractivity contribution in [3.8, 4) is 17.3 Å². The van der Waals surface area contributed by atoms with Crippen LogP contribution in [0.5, 0.6) is 6.01 Å². The van der Waals surface area contributed by atoms with E-state index in [0.29, 0.717) is 43.8 Å². The summed E-state index contributed by atoms with van der Waals surface area (Å²) in [6.45, 7) is 2.55. The van der Waals surface area contributed by atoms with E-state index in [9.17, 15) is 10.1 Å². The molecule has 0 radical (unpaired) electrons. The number of methoxy groups -OCH3 is 1. The van der Waals surface area contributed by atoms with Crippen molar-refractivity contribution in [2.75, 3.05) is 43.7 Å². The maximum atomic E-state index is 10.8. The second-order valence-corrected chi connectivity index (χ2v) is 6.42. The monoisotopic (exact) mass is 425 g/mol. The molecule has 0 saturated carbocycles. The molecule has 3 heterocycles. The maximum absolute atomic E-state index is 10.8. The third-order valence-corrected chi connectivity index (χ3v) is 4.43. The first-order valence-corrected chi connectivity index (χ1v) is 9.39. The number of non-ortho nitro benzene ring substituents is 1. The van der Waals surface area contributed by atoms with Gasteiger partial charge in [0.15, 0.2) is 0 Å². The van der Waals surface area contributed by atoms with E-state index < -0.39 is 4.92 Å². The minimum Gasteiger partial charge on any atom is -0.467 e. The molecule has 0 aliphatic carbocycles. The zero-order valence-electron chi connectivity index (χ0n) is 16.6. The SMILES string of the molecule is COc1nc(N/N=C\c2ccc(-c3ccc([N+](=O)[O-])cc3)o2)nc(N2CCOCC2)n1. The Bertz CT molecular complexity index is 1080. The molecule has 160 valence electrons. The van der Waals surface area contributed by atoms with Crippen molar-refractivity contribution in [2.45, 2.75) is 0 Å². The number of nitro groups is 1. The summed E-state index contributed by atoms with van der Waals surface area (Å²) in [7, 11) is 1.48. The number of anilines is 2. The van der Waals surface area contributed by atoms with E-state index in [2.05, 4.69) is 25.5 Å². The highest BCUT2D eigenvalue weighted by atomic mass is 16.6. The minimum absolute atomic E-state index is 0.0190. The fourth-order valence-electron chi connectivity index (χ4n) is 2.87. The Labute approximate surface area is 176 Å². The zero-order valence-corrected chi connectivity index (χ0v) is 16.6. The summed E-state index contributed by atoms with van der Waals surface area (Å²) < 4.78 is 16.2. The predicted octanol–water partition coefficient (Wildman–Crippen LogP) is 2.33. The molecular formula is C19H19N7O5. The van der Waals surface area contributed by atoms with Crippen LogP contribution in [0.15, 0.2) is 45.9 Å². The van der Waals surface area contributed by atoms with E-state index in [1.807, 2.05) is 4.90 Å². The molecule has 0 amide bonds. The lowest BCUT2D eigenvalue weighted by Crippen LogP contribution is -2.37. The van der Waals surface area contributed by atoms with Crippen molar-refractivity contribution < 1.29 is 18.8 Å². The molecule has 12 nitrogen and oxygen atoms in total. The lowest BCUT2D eigenvalue weighted by atomic mass is 10.1. The summed E-state index contributed by atoms with van der Waals surface area (Å²) in [4.78, 5) is 25.1. The van der Waals surface area contributed by atoms with E-state index in [4.69, 9.17) is 13.9 Å². The summed E-state index contributed by atoms with van der Waals surface area (Å²) in [6, 6.07) is 9.76.